The summed E-state index contributed by atoms with van der Waals surface area (Å²) in [5, 5.41) is 37.6. The smallest absolute Gasteiger partial charge is 0.332 e. The van der Waals surface area contributed by atoms with Gasteiger partial charge in [-0.1, -0.05) is 58.5 Å². The van der Waals surface area contributed by atoms with Crippen molar-refractivity contribution in [2.24, 2.45) is 0 Å². The second kappa shape index (κ2) is 16.9. The van der Waals surface area contributed by atoms with E-state index in [1.54, 1.807) is 42.6 Å². The van der Waals surface area contributed by atoms with Crippen molar-refractivity contribution in [1.82, 2.24) is 28.4 Å². The van der Waals surface area contributed by atoms with Gasteiger partial charge >= 0.3 is 5.97 Å². The van der Waals surface area contributed by atoms with Crippen molar-refractivity contribution in [1.29, 1.82) is 0 Å². The van der Waals surface area contributed by atoms with E-state index in [0.29, 0.717) is 49.0 Å². The van der Waals surface area contributed by atoms with E-state index in [-0.39, 0.29) is 17.7 Å². The number of nitrogens with zero attached hydrogens (tertiary/aromatic N) is 6. The second-order valence-electron chi connectivity index (χ2n) is 11.0. The molecule has 0 unspecified atom stereocenters. The number of carboxylic acid groups (broad SMARTS) is 1. The van der Waals surface area contributed by atoms with Crippen molar-refractivity contribution in [3.05, 3.63) is 126 Å². The predicted octanol–water partition coefficient (Wildman–Crippen LogP) is 4.06. The third-order valence-electron chi connectivity index (χ3n) is 6.89. The third kappa shape index (κ3) is 10.1. The van der Waals surface area contributed by atoms with Crippen molar-refractivity contribution in [2.75, 3.05) is 11.1 Å². The molecule has 0 bridgehead atoms. The quantitative estimate of drug-likeness (QED) is 0.157. The van der Waals surface area contributed by atoms with E-state index >= 15 is 0 Å². The average molecular weight is 780 g/mol. The van der Waals surface area contributed by atoms with Crippen LogP contribution >= 0.6 is 46.4 Å². The number of hydrogen-bond acceptors (Lipinski definition) is 9. The van der Waals surface area contributed by atoms with Crippen molar-refractivity contribution in [3.63, 3.8) is 0 Å². The van der Waals surface area contributed by atoms with Crippen molar-refractivity contribution in [3.8, 4) is 0 Å². The molecule has 0 aliphatic rings. The Bertz CT molecular complexity index is 2330. The molecule has 4 heterocycles. The molecule has 6 aromatic rings. The summed E-state index contributed by atoms with van der Waals surface area (Å²) in [6.45, 7) is 3.19. The fourth-order valence-corrected chi connectivity index (χ4v) is 4.92. The Kier molecular flexibility index (Phi) is 12.9. The number of aliphatic hydroxyl groups excluding tert-OH is 2. The Morgan fingerprint density at radius 1 is 0.745 bits per heavy atom. The van der Waals surface area contributed by atoms with Gasteiger partial charge in [-0.05, 0) is 61.4 Å². The number of nitrogens with one attached hydrogen (secondary N) is 1. The predicted molar refractivity (Wildman–Crippen MR) is 194 cm³/mol. The van der Waals surface area contributed by atoms with Gasteiger partial charge in [-0.15, -0.1) is 0 Å². The van der Waals surface area contributed by atoms with Gasteiger partial charge in [0.05, 0.1) is 56.9 Å². The van der Waals surface area contributed by atoms with Crippen LogP contribution in [-0.4, -0.2) is 67.8 Å². The summed E-state index contributed by atoms with van der Waals surface area (Å²) in [5.41, 5.74) is 8.49. The Morgan fingerprint density at radius 2 is 1.20 bits per heavy atom. The fraction of sp³-hybridized carbons (Fsp3) is 0.188. The van der Waals surface area contributed by atoms with E-state index in [4.69, 9.17) is 62.4 Å². The van der Waals surface area contributed by atoms with Gasteiger partial charge in [0, 0.05) is 0 Å². The van der Waals surface area contributed by atoms with Crippen LogP contribution in [0.3, 0.4) is 0 Å². The highest BCUT2D eigenvalue weighted by Crippen LogP contribution is 2.24. The van der Waals surface area contributed by atoms with Crippen LogP contribution in [0.25, 0.3) is 11.0 Å². The molecular weight excluding hydrogens is 750 g/mol. The highest BCUT2D eigenvalue weighted by atomic mass is 35.5. The minimum atomic E-state index is -1.23. The molecule has 2 atom stereocenters. The van der Waals surface area contributed by atoms with Crippen LogP contribution in [-0.2, 0) is 22.7 Å². The van der Waals surface area contributed by atoms with Gasteiger partial charge in [0.2, 0.25) is 0 Å². The molecule has 0 saturated carbocycles. The van der Waals surface area contributed by atoms with Crippen LogP contribution in [0.4, 0.5) is 11.4 Å². The number of rotatable bonds is 7. The number of fused-ring (bicyclic) bond motifs is 2. The summed E-state index contributed by atoms with van der Waals surface area (Å²) >= 11 is 23.7. The maximum absolute atomic E-state index is 12.6. The maximum atomic E-state index is 12.6. The molecule has 268 valence electrons. The number of carbonyl (C=O) groups is 2. The first-order valence-electron chi connectivity index (χ1n) is 14.7. The number of aromatic nitrogens is 6. The van der Waals surface area contributed by atoms with Gasteiger partial charge in [0.25, 0.3) is 17.0 Å². The lowest BCUT2D eigenvalue weighted by Crippen LogP contribution is -2.24. The Labute approximate surface area is 308 Å². The van der Waals surface area contributed by atoms with E-state index in [1.165, 1.54) is 56.9 Å². The van der Waals surface area contributed by atoms with Gasteiger partial charge < -0.3 is 26.4 Å². The summed E-state index contributed by atoms with van der Waals surface area (Å²) in [6.07, 6.45) is 3.59. The first-order chi connectivity index (χ1) is 24.0. The van der Waals surface area contributed by atoms with E-state index in [2.05, 4.69) is 15.5 Å². The number of aliphatic hydroxyl groups is 2. The van der Waals surface area contributed by atoms with Crippen LogP contribution in [0, 0.1) is 0 Å². The molecular formula is C32H30Cl4N8O7. The Balaban J connectivity index is 0.000000201. The molecule has 0 spiro atoms. The molecule has 0 aliphatic heterocycles. The average Bonchev–Trinajstić information content (AvgIpc) is 3.67. The molecule has 51 heavy (non-hydrogen) atoms. The summed E-state index contributed by atoms with van der Waals surface area (Å²) in [7, 11) is 0. The number of nitrogen functional groups attached to an aromatic ring is 1. The summed E-state index contributed by atoms with van der Waals surface area (Å²) in [4.78, 5) is 45.9. The number of amides is 1. The summed E-state index contributed by atoms with van der Waals surface area (Å²) < 4.78 is 5.75. The zero-order chi connectivity index (χ0) is 37.6. The minimum absolute atomic E-state index is 0.164. The number of carbonyl (C=O) groups excluding carboxylic acids is 1. The van der Waals surface area contributed by atoms with Gasteiger partial charge in [-0.2, -0.15) is 10.2 Å². The molecule has 4 aromatic heterocycles. The van der Waals surface area contributed by atoms with Crippen LogP contribution in [0.5, 0.6) is 0 Å². The van der Waals surface area contributed by atoms with E-state index in [0.717, 1.165) is 11.1 Å². The monoisotopic (exact) mass is 778 g/mol. The maximum Gasteiger partial charge on any atom is 0.332 e. The molecule has 6 rings (SSSR count). The zero-order valence-electron chi connectivity index (χ0n) is 26.7. The number of benzene rings is 2. The topological polar surface area (TPSA) is 211 Å². The number of aliphatic carboxylic acids is 1. The van der Waals surface area contributed by atoms with E-state index < -0.39 is 24.1 Å². The van der Waals surface area contributed by atoms with Crippen LogP contribution in [0.2, 0.25) is 20.1 Å². The fourth-order valence-electron chi connectivity index (χ4n) is 4.28. The van der Waals surface area contributed by atoms with E-state index in [9.17, 15) is 24.3 Å². The summed E-state index contributed by atoms with van der Waals surface area (Å²) in [6, 6.07) is 13.5. The third-order valence-corrected chi connectivity index (χ3v) is 8.37. The molecule has 0 saturated heterocycles. The van der Waals surface area contributed by atoms with Gasteiger partial charge in [0.1, 0.15) is 35.9 Å². The molecule has 2 aromatic carbocycles. The lowest BCUT2D eigenvalue weighted by molar-refractivity contribution is -0.145. The van der Waals surface area contributed by atoms with Gasteiger partial charge in [-0.25, -0.2) is 13.8 Å². The number of hydrogen-bond donors (Lipinski definition) is 5. The lowest BCUT2D eigenvalue weighted by atomic mass is 10.2. The second-order valence-corrected chi connectivity index (χ2v) is 12.6. The molecule has 0 radical (unpaired) electrons. The van der Waals surface area contributed by atoms with Crippen molar-refractivity contribution in [2.45, 2.75) is 39.1 Å². The number of halogens is 4. The first-order valence-corrected chi connectivity index (χ1v) is 16.2. The van der Waals surface area contributed by atoms with Crippen LogP contribution < -0.4 is 22.2 Å². The zero-order valence-corrected chi connectivity index (χ0v) is 29.8. The number of carboxylic acids is 1. The van der Waals surface area contributed by atoms with Crippen LogP contribution in [0.15, 0.2) is 83.2 Å². The lowest BCUT2D eigenvalue weighted by Gasteiger charge is -2.06. The van der Waals surface area contributed by atoms with Crippen molar-refractivity contribution < 1.29 is 24.9 Å². The van der Waals surface area contributed by atoms with Gasteiger partial charge in [0.15, 0.2) is 0 Å². The summed E-state index contributed by atoms with van der Waals surface area (Å²) in [5.74, 6) is -1.75. The standard InChI is InChI=1S/C16H14Cl2N4O3.C13H10Cl2N4O.C3H6O3/c1-9(23)15(24)20-11-5-14-16(25)21(8-19-22(14)7-11)6-10-2-3-12(17)13(18)4-10;14-10-2-1-8(3-11(10)15)5-18-7-17-19-6-9(16)4-12(19)13(18)20;1-2(4)3(5)6/h2-5,7-9,23H,6H2,1H3,(H,20,24);1-4,6-7H,5,16H2;2,4H,1H3,(H,5,6)/t9-;;2-/m1.1/s1. The molecule has 1 amide bonds. The normalized spacial score (nSPS) is 12.0. The SMILES string of the molecule is C[C@@H](O)C(=O)Nc1cc2c(=O)n(Cc3ccc(Cl)c(Cl)c3)cnn2c1.C[C@@H](O)C(=O)O.Nc1cc2c(=O)n(Cc3ccc(Cl)c(Cl)c3)cnn2c1. The van der Waals surface area contributed by atoms with Crippen molar-refractivity contribution >= 4 is 80.7 Å². The highest BCUT2D eigenvalue weighted by molar-refractivity contribution is 6.42. The highest BCUT2D eigenvalue weighted by Gasteiger charge is 2.13. The number of nitrogens with two attached hydrogens (primary N) is 1. The van der Waals surface area contributed by atoms with Crippen LogP contribution in [0.1, 0.15) is 25.0 Å². The Morgan fingerprint density at radius 3 is 1.63 bits per heavy atom. The molecule has 6 N–H and O–H groups in total. The molecule has 0 fully saturated rings. The Hall–Kier alpha value is -4.90. The number of anilines is 2. The minimum Gasteiger partial charge on any atom is -0.479 e. The molecule has 15 nitrogen and oxygen atoms in total. The molecule has 0 aliphatic carbocycles. The largest absolute Gasteiger partial charge is 0.479 e. The first kappa shape index (κ1) is 38.9. The van der Waals surface area contributed by atoms with Gasteiger partial charge in [-0.3, -0.25) is 23.5 Å². The molecule has 19 heteroatoms. The van der Waals surface area contributed by atoms with E-state index in [1.807, 2.05) is 6.07 Å².